The fraction of sp³-hybridized carbons (Fsp3) is 0.895. The van der Waals surface area contributed by atoms with Crippen LogP contribution in [0.25, 0.3) is 0 Å². The molecule has 5 nitrogen and oxygen atoms in total. The smallest absolute Gasteiger partial charge is 0.220 e. The van der Waals surface area contributed by atoms with E-state index in [1.54, 1.807) is 7.05 Å². The number of aliphatic imine (C=N–C) groups is 1. The first-order valence-corrected chi connectivity index (χ1v) is 9.96. The highest BCUT2D eigenvalue weighted by Crippen LogP contribution is 2.26. The topological polar surface area (TPSA) is 56.7 Å². The van der Waals surface area contributed by atoms with Crippen molar-refractivity contribution in [1.82, 2.24) is 15.5 Å². The normalized spacial score (nSPS) is 20.9. The first-order chi connectivity index (χ1) is 11.7. The lowest BCUT2D eigenvalue weighted by atomic mass is 9.87. The van der Waals surface area contributed by atoms with Crippen molar-refractivity contribution in [3.63, 3.8) is 0 Å². The van der Waals surface area contributed by atoms with Gasteiger partial charge in [0, 0.05) is 39.6 Å². The number of hydrogen-bond acceptors (Lipinski definition) is 2. The number of carbonyl (C=O) groups excluding carboxylic acids is 1. The monoisotopic (exact) mass is 336 g/mol. The Hall–Kier alpha value is -1.26. The maximum absolute atomic E-state index is 11.5. The zero-order valence-corrected chi connectivity index (χ0v) is 15.6. The van der Waals surface area contributed by atoms with Gasteiger partial charge in [-0.3, -0.25) is 9.79 Å². The molecule has 2 aliphatic rings. The number of likely N-dealkylation sites (tertiary alicyclic amines) is 1. The highest BCUT2D eigenvalue weighted by Gasteiger charge is 2.23. The van der Waals surface area contributed by atoms with Crippen molar-refractivity contribution < 1.29 is 4.79 Å². The molecule has 0 radical (unpaired) electrons. The lowest BCUT2D eigenvalue weighted by molar-refractivity contribution is -0.121. The Morgan fingerprint density at radius 3 is 2.42 bits per heavy atom. The number of rotatable bonds is 6. The van der Waals surface area contributed by atoms with E-state index in [0.29, 0.717) is 12.3 Å². The fourth-order valence-corrected chi connectivity index (χ4v) is 3.97. The van der Waals surface area contributed by atoms with Gasteiger partial charge in [-0.2, -0.15) is 0 Å². The molecule has 1 saturated heterocycles. The van der Waals surface area contributed by atoms with Gasteiger partial charge in [-0.1, -0.05) is 32.1 Å². The largest absolute Gasteiger partial charge is 0.359 e. The van der Waals surface area contributed by atoms with Crippen molar-refractivity contribution >= 4 is 11.9 Å². The maximum atomic E-state index is 11.5. The molecule has 1 aliphatic heterocycles. The quantitative estimate of drug-likeness (QED) is 0.579. The molecule has 24 heavy (non-hydrogen) atoms. The summed E-state index contributed by atoms with van der Waals surface area (Å²) in [6.07, 6.45) is 11.1. The molecule has 0 bridgehead atoms. The van der Waals surface area contributed by atoms with E-state index in [0.717, 1.165) is 50.9 Å². The summed E-state index contributed by atoms with van der Waals surface area (Å²) in [5, 5.41) is 6.19. The molecule has 5 heteroatoms. The van der Waals surface area contributed by atoms with Gasteiger partial charge in [0.25, 0.3) is 0 Å². The molecule has 0 unspecified atom stereocenters. The van der Waals surface area contributed by atoms with Crippen LogP contribution in [0.4, 0.5) is 0 Å². The summed E-state index contributed by atoms with van der Waals surface area (Å²) < 4.78 is 0. The summed E-state index contributed by atoms with van der Waals surface area (Å²) in [6.45, 7) is 6.02. The standard InChI is InChI=1S/C19H36N4O/c1-3-21-19(22-12-9-16-7-5-4-6-8-16)23-13-10-17(11-14-23)15-18(24)20-2/h16-17H,3-15H2,1-2H3,(H,20,24)(H,21,22). The van der Waals surface area contributed by atoms with E-state index in [2.05, 4.69) is 22.5 Å². The maximum Gasteiger partial charge on any atom is 0.220 e. The summed E-state index contributed by atoms with van der Waals surface area (Å²) in [5.41, 5.74) is 0. The van der Waals surface area contributed by atoms with Crippen LogP contribution in [0.15, 0.2) is 4.99 Å². The number of guanidine groups is 1. The molecular formula is C19H36N4O. The molecule has 138 valence electrons. The van der Waals surface area contributed by atoms with Gasteiger partial charge in [0.2, 0.25) is 5.91 Å². The van der Waals surface area contributed by atoms with E-state index in [9.17, 15) is 4.79 Å². The van der Waals surface area contributed by atoms with Gasteiger partial charge >= 0.3 is 0 Å². The Kier molecular flexibility index (Phi) is 8.40. The van der Waals surface area contributed by atoms with Crippen LogP contribution in [0, 0.1) is 11.8 Å². The lowest BCUT2D eigenvalue weighted by Gasteiger charge is -2.34. The van der Waals surface area contributed by atoms with Crippen molar-refractivity contribution in [3.05, 3.63) is 0 Å². The van der Waals surface area contributed by atoms with Gasteiger partial charge in [-0.05, 0) is 38.0 Å². The molecule has 0 aromatic carbocycles. The second kappa shape index (κ2) is 10.6. The van der Waals surface area contributed by atoms with Crippen molar-refractivity contribution in [3.8, 4) is 0 Å². The summed E-state index contributed by atoms with van der Waals surface area (Å²) in [6, 6.07) is 0. The number of amides is 1. The number of piperidine rings is 1. The van der Waals surface area contributed by atoms with E-state index in [4.69, 9.17) is 4.99 Å². The van der Waals surface area contributed by atoms with Crippen LogP contribution in [0.1, 0.15) is 64.7 Å². The predicted molar refractivity (Wildman–Crippen MR) is 100 cm³/mol. The Bertz CT molecular complexity index is 396. The molecule has 0 aromatic heterocycles. The van der Waals surface area contributed by atoms with Crippen molar-refractivity contribution in [2.75, 3.05) is 33.2 Å². The van der Waals surface area contributed by atoms with Crippen molar-refractivity contribution in [1.29, 1.82) is 0 Å². The average molecular weight is 337 g/mol. The number of hydrogen-bond donors (Lipinski definition) is 2. The van der Waals surface area contributed by atoms with E-state index < -0.39 is 0 Å². The molecular weight excluding hydrogens is 300 g/mol. The predicted octanol–water partition coefficient (Wildman–Crippen LogP) is 2.77. The average Bonchev–Trinajstić information content (AvgIpc) is 2.62. The molecule has 0 atom stereocenters. The minimum absolute atomic E-state index is 0.168. The van der Waals surface area contributed by atoms with E-state index >= 15 is 0 Å². The minimum atomic E-state index is 0.168. The zero-order chi connectivity index (χ0) is 17.2. The first kappa shape index (κ1) is 19.1. The molecule has 0 aromatic rings. The van der Waals surface area contributed by atoms with Gasteiger partial charge in [0.1, 0.15) is 0 Å². The molecule has 2 rings (SSSR count). The third-order valence-corrected chi connectivity index (χ3v) is 5.53. The number of carbonyl (C=O) groups is 1. The molecule has 2 N–H and O–H groups in total. The fourth-order valence-electron chi connectivity index (χ4n) is 3.97. The van der Waals surface area contributed by atoms with Crippen molar-refractivity contribution in [2.45, 2.75) is 64.7 Å². The summed E-state index contributed by atoms with van der Waals surface area (Å²) >= 11 is 0. The number of nitrogens with one attached hydrogen (secondary N) is 2. The van der Waals surface area contributed by atoms with Gasteiger partial charge in [0.05, 0.1) is 0 Å². The molecule has 1 amide bonds. The Morgan fingerprint density at radius 2 is 1.79 bits per heavy atom. The van der Waals surface area contributed by atoms with Gasteiger partial charge in [0.15, 0.2) is 5.96 Å². The zero-order valence-electron chi connectivity index (χ0n) is 15.6. The third kappa shape index (κ3) is 6.33. The van der Waals surface area contributed by atoms with Gasteiger partial charge in [-0.25, -0.2) is 0 Å². The van der Waals surface area contributed by atoms with Crippen LogP contribution in [0.3, 0.4) is 0 Å². The lowest BCUT2D eigenvalue weighted by Crippen LogP contribution is -2.46. The van der Waals surface area contributed by atoms with Crippen LogP contribution in [-0.2, 0) is 4.79 Å². The Labute approximate surface area is 147 Å². The number of nitrogens with zero attached hydrogens (tertiary/aromatic N) is 2. The van der Waals surface area contributed by atoms with Crippen LogP contribution < -0.4 is 10.6 Å². The molecule has 1 aliphatic carbocycles. The second-order valence-electron chi connectivity index (χ2n) is 7.34. The van der Waals surface area contributed by atoms with Gasteiger partial charge < -0.3 is 15.5 Å². The molecule has 2 fully saturated rings. The van der Waals surface area contributed by atoms with Gasteiger partial charge in [-0.15, -0.1) is 0 Å². The highest BCUT2D eigenvalue weighted by atomic mass is 16.1. The van der Waals surface area contributed by atoms with E-state index in [-0.39, 0.29) is 5.91 Å². The van der Waals surface area contributed by atoms with Crippen molar-refractivity contribution in [2.24, 2.45) is 16.8 Å². The Balaban J connectivity index is 1.77. The Morgan fingerprint density at radius 1 is 1.08 bits per heavy atom. The first-order valence-electron chi connectivity index (χ1n) is 9.96. The van der Waals surface area contributed by atoms with Crippen LogP contribution in [0.2, 0.25) is 0 Å². The molecule has 1 saturated carbocycles. The van der Waals surface area contributed by atoms with Crippen LogP contribution in [-0.4, -0.2) is 50.0 Å². The van der Waals surface area contributed by atoms with E-state index in [1.165, 1.54) is 38.5 Å². The third-order valence-electron chi connectivity index (χ3n) is 5.53. The molecule has 0 spiro atoms. The SMILES string of the molecule is CCNC(=NCCC1CCCCC1)N1CCC(CC(=O)NC)CC1. The molecule has 1 heterocycles. The minimum Gasteiger partial charge on any atom is -0.359 e. The van der Waals surface area contributed by atoms with Crippen LogP contribution in [0.5, 0.6) is 0 Å². The van der Waals surface area contributed by atoms with Crippen LogP contribution >= 0.6 is 0 Å². The highest BCUT2D eigenvalue weighted by molar-refractivity contribution is 5.80. The van der Waals surface area contributed by atoms with E-state index in [1.807, 2.05) is 0 Å². The summed E-state index contributed by atoms with van der Waals surface area (Å²) in [7, 11) is 1.72. The summed E-state index contributed by atoms with van der Waals surface area (Å²) in [5.74, 6) is 2.66. The second-order valence-corrected chi connectivity index (χ2v) is 7.34. The summed E-state index contributed by atoms with van der Waals surface area (Å²) in [4.78, 5) is 18.8.